The molecule has 0 aliphatic carbocycles. The summed E-state index contributed by atoms with van der Waals surface area (Å²) >= 11 is 4.56. The van der Waals surface area contributed by atoms with E-state index in [1.807, 2.05) is 0 Å². The highest BCUT2D eigenvalue weighted by Gasteiger charge is 2.25. The molecular formula is C9H17N3O3S2. The van der Waals surface area contributed by atoms with Gasteiger partial charge in [-0.1, -0.05) is 12.2 Å². The zero-order valence-electron chi connectivity index (χ0n) is 9.76. The molecule has 1 heterocycles. The molecule has 0 spiro atoms. The maximum absolute atomic E-state index is 11.7. The summed E-state index contributed by atoms with van der Waals surface area (Å²) in [6.07, 6.45) is 1.96. The van der Waals surface area contributed by atoms with Gasteiger partial charge in [0.05, 0.1) is 11.5 Å². The van der Waals surface area contributed by atoms with Gasteiger partial charge in [-0.25, -0.2) is 8.42 Å². The first kappa shape index (κ1) is 14.3. The monoisotopic (exact) mass is 279 g/mol. The van der Waals surface area contributed by atoms with Crippen LogP contribution in [-0.2, 0) is 14.8 Å². The largest absolute Gasteiger partial charge is 0.392 e. The normalized spacial score (nSPS) is 16.5. The number of carbonyl (C=O) groups excluding carboxylic acids is 1. The van der Waals surface area contributed by atoms with Crippen molar-refractivity contribution < 1.29 is 13.2 Å². The Morgan fingerprint density at radius 2 is 1.94 bits per heavy atom. The van der Waals surface area contributed by atoms with Crippen molar-refractivity contribution in [2.75, 3.05) is 32.4 Å². The summed E-state index contributed by atoms with van der Waals surface area (Å²) in [6.45, 7) is 1.27. The highest BCUT2D eigenvalue weighted by atomic mass is 32.2. The van der Waals surface area contributed by atoms with Crippen LogP contribution in [0.1, 0.15) is 12.8 Å². The van der Waals surface area contributed by atoms with Crippen LogP contribution in [-0.4, -0.2) is 61.0 Å². The Labute approximate surface area is 107 Å². The molecule has 1 rings (SSSR count). The van der Waals surface area contributed by atoms with Gasteiger partial charge in [0.15, 0.2) is 0 Å². The average Bonchev–Trinajstić information content (AvgIpc) is 2.67. The van der Waals surface area contributed by atoms with Crippen LogP contribution in [0.25, 0.3) is 0 Å². The Hall–Kier alpha value is -0.730. The molecule has 1 saturated heterocycles. The lowest BCUT2D eigenvalue weighted by Crippen LogP contribution is -2.42. The lowest BCUT2D eigenvalue weighted by molar-refractivity contribution is -0.130. The van der Waals surface area contributed by atoms with E-state index < -0.39 is 15.8 Å². The van der Waals surface area contributed by atoms with E-state index >= 15 is 0 Å². The minimum atomic E-state index is -3.56. The summed E-state index contributed by atoms with van der Waals surface area (Å²) in [7, 11) is -2.20. The topological polar surface area (TPSA) is 83.7 Å². The van der Waals surface area contributed by atoms with E-state index in [9.17, 15) is 13.2 Å². The molecule has 1 aliphatic heterocycles. The predicted octanol–water partition coefficient (Wildman–Crippen LogP) is -0.843. The number of nitrogens with two attached hydrogens (primary N) is 1. The quantitative estimate of drug-likeness (QED) is 0.663. The third kappa shape index (κ3) is 4.21. The summed E-state index contributed by atoms with van der Waals surface area (Å²) in [5.74, 6) is -0.567. The second-order valence-electron chi connectivity index (χ2n) is 4.07. The van der Waals surface area contributed by atoms with Crippen LogP contribution >= 0.6 is 12.2 Å². The molecule has 0 unspecified atom stereocenters. The Morgan fingerprint density at radius 3 is 2.41 bits per heavy atom. The van der Waals surface area contributed by atoms with Crippen molar-refractivity contribution in [3.8, 4) is 0 Å². The summed E-state index contributed by atoms with van der Waals surface area (Å²) in [4.78, 5) is 13.3. The maximum Gasteiger partial charge on any atom is 0.237 e. The lowest BCUT2D eigenvalue weighted by atomic mass is 10.4. The summed E-state index contributed by atoms with van der Waals surface area (Å²) in [5.41, 5.74) is 5.20. The minimum Gasteiger partial charge on any atom is -0.392 e. The number of amides is 1. The van der Waals surface area contributed by atoms with Gasteiger partial charge >= 0.3 is 0 Å². The van der Waals surface area contributed by atoms with E-state index in [0.29, 0.717) is 13.1 Å². The van der Waals surface area contributed by atoms with Crippen LogP contribution in [0, 0.1) is 0 Å². The number of hydrogen-bond acceptors (Lipinski definition) is 4. The number of likely N-dealkylation sites (tertiary alicyclic amines) is 1. The molecule has 0 radical (unpaired) electrons. The van der Waals surface area contributed by atoms with Gasteiger partial charge in [-0.05, 0) is 12.8 Å². The van der Waals surface area contributed by atoms with E-state index in [4.69, 9.17) is 5.73 Å². The fraction of sp³-hybridized carbons (Fsp3) is 0.778. The second-order valence-corrected chi connectivity index (χ2v) is 6.67. The van der Waals surface area contributed by atoms with E-state index in [0.717, 1.165) is 17.1 Å². The number of rotatable bonds is 5. The molecule has 2 N–H and O–H groups in total. The molecular weight excluding hydrogens is 262 g/mol. The van der Waals surface area contributed by atoms with Gasteiger partial charge in [0.2, 0.25) is 15.9 Å². The van der Waals surface area contributed by atoms with Gasteiger partial charge in [0.25, 0.3) is 0 Å². The first-order valence-corrected chi connectivity index (χ1v) is 7.35. The van der Waals surface area contributed by atoms with E-state index in [1.165, 1.54) is 7.05 Å². The van der Waals surface area contributed by atoms with Gasteiger partial charge in [-0.2, -0.15) is 4.31 Å². The number of thiocarbonyl (C=S) groups is 1. The number of nitrogens with zero attached hydrogens (tertiary/aromatic N) is 2. The van der Waals surface area contributed by atoms with Crippen LogP contribution in [0.4, 0.5) is 0 Å². The van der Waals surface area contributed by atoms with Crippen molar-refractivity contribution >= 4 is 33.1 Å². The molecule has 6 nitrogen and oxygen atoms in total. The van der Waals surface area contributed by atoms with Gasteiger partial charge in [-0.3, -0.25) is 4.79 Å². The molecule has 98 valence electrons. The van der Waals surface area contributed by atoms with E-state index in [1.54, 1.807) is 4.90 Å². The van der Waals surface area contributed by atoms with E-state index in [-0.39, 0.29) is 17.4 Å². The molecule has 0 aromatic carbocycles. The van der Waals surface area contributed by atoms with Crippen molar-refractivity contribution in [3.05, 3.63) is 0 Å². The van der Waals surface area contributed by atoms with Crippen LogP contribution in [0.2, 0.25) is 0 Å². The molecule has 0 atom stereocenters. The highest BCUT2D eigenvalue weighted by Crippen LogP contribution is 2.08. The van der Waals surface area contributed by atoms with Crippen LogP contribution in [0.3, 0.4) is 0 Å². The van der Waals surface area contributed by atoms with Crippen molar-refractivity contribution in [2.45, 2.75) is 12.8 Å². The smallest absolute Gasteiger partial charge is 0.237 e. The third-order valence-corrected chi connectivity index (χ3v) is 4.70. The van der Waals surface area contributed by atoms with Crippen molar-refractivity contribution in [2.24, 2.45) is 5.73 Å². The van der Waals surface area contributed by atoms with E-state index in [2.05, 4.69) is 12.2 Å². The number of likely N-dealkylation sites (N-methyl/N-ethyl adjacent to an activating group) is 1. The Bertz CT molecular complexity index is 402. The summed E-state index contributed by atoms with van der Waals surface area (Å²) in [5, 5.41) is 0. The third-order valence-electron chi connectivity index (χ3n) is 2.62. The molecule has 8 heteroatoms. The first-order chi connectivity index (χ1) is 7.83. The van der Waals surface area contributed by atoms with Crippen molar-refractivity contribution in [1.82, 2.24) is 9.21 Å². The highest BCUT2D eigenvalue weighted by molar-refractivity contribution is 7.92. The summed E-state index contributed by atoms with van der Waals surface area (Å²) < 4.78 is 24.4. The molecule has 0 aromatic rings. The van der Waals surface area contributed by atoms with Crippen LogP contribution in [0.15, 0.2) is 0 Å². The average molecular weight is 279 g/mol. The second kappa shape index (κ2) is 5.74. The Balaban J connectivity index is 2.55. The van der Waals surface area contributed by atoms with Crippen LogP contribution in [0.5, 0.6) is 0 Å². The number of hydrogen-bond donors (Lipinski definition) is 1. The molecule has 0 bridgehead atoms. The molecule has 17 heavy (non-hydrogen) atoms. The zero-order chi connectivity index (χ0) is 13.1. The minimum absolute atomic E-state index is 0.0922. The molecule has 0 saturated carbocycles. The maximum atomic E-state index is 11.7. The van der Waals surface area contributed by atoms with Gasteiger partial charge < -0.3 is 10.6 Å². The zero-order valence-corrected chi connectivity index (χ0v) is 11.4. The predicted molar refractivity (Wildman–Crippen MR) is 69.0 cm³/mol. The van der Waals surface area contributed by atoms with Gasteiger partial charge in [0, 0.05) is 20.1 Å². The molecule has 1 fully saturated rings. The number of sulfonamides is 1. The molecule has 0 aromatic heterocycles. The fourth-order valence-electron chi connectivity index (χ4n) is 1.65. The standard InChI is InChI=1S/C9H17N3O3S2/c1-11(17(14,15)7-8(10)16)6-9(13)12-4-2-3-5-12/h2-7H2,1H3,(H2,10,16). The SMILES string of the molecule is CN(CC(=O)N1CCCC1)S(=O)(=O)CC(N)=S. The fourth-order valence-corrected chi connectivity index (χ4v) is 2.98. The Kier molecular flexibility index (Phi) is 4.84. The van der Waals surface area contributed by atoms with Crippen molar-refractivity contribution in [3.63, 3.8) is 0 Å². The molecule has 1 aliphatic rings. The summed E-state index contributed by atoms with van der Waals surface area (Å²) in [6, 6.07) is 0. The lowest BCUT2D eigenvalue weighted by Gasteiger charge is -2.20. The first-order valence-electron chi connectivity index (χ1n) is 5.33. The number of carbonyl (C=O) groups is 1. The van der Waals surface area contributed by atoms with Gasteiger partial charge in [-0.15, -0.1) is 0 Å². The molecule has 1 amide bonds. The Morgan fingerprint density at radius 1 is 1.41 bits per heavy atom. The van der Waals surface area contributed by atoms with Crippen molar-refractivity contribution in [1.29, 1.82) is 0 Å². The van der Waals surface area contributed by atoms with Crippen LogP contribution < -0.4 is 5.73 Å². The van der Waals surface area contributed by atoms with Gasteiger partial charge in [0.1, 0.15) is 5.75 Å².